The van der Waals surface area contributed by atoms with Crippen LogP contribution in [-0.2, 0) is 4.79 Å². The molecule has 0 saturated heterocycles. The van der Waals surface area contributed by atoms with Crippen LogP contribution in [0, 0.1) is 5.92 Å². The summed E-state index contributed by atoms with van der Waals surface area (Å²) in [5, 5.41) is 6.07. The molecule has 0 spiro atoms. The molecule has 3 nitrogen and oxygen atoms in total. The van der Waals surface area contributed by atoms with Crippen LogP contribution in [0.15, 0.2) is 0 Å². The molecular formula is C12H24N2O. The molecule has 0 aromatic rings. The molecule has 0 aliphatic heterocycles. The lowest BCUT2D eigenvalue weighted by Crippen LogP contribution is -2.34. The minimum atomic E-state index is 0.128. The summed E-state index contributed by atoms with van der Waals surface area (Å²) in [5.41, 5.74) is 0. The van der Waals surface area contributed by atoms with E-state index in [1.54, 1.807) is 0 Å². The van der Waals surface area contributed by atoms with Gasteiger partial charge in [-0.05, 0) is 25.3 Å². The van der Waals surface area contributed by atoms with Crippen molar-refractivity contribution in [2.45, 2.75) is 45.4 Å². The quantitative estimate of drug-likeness (QED) is 0.630. The molecule has 3 heteroatoms. The van der Waals surface area contributed by atoms with Crippen LogP contribution < -0.4 is 10.6 Å². The van der Waals surface area contributed by atoms with Crippen molar-refractivity contribution in [3.05, 3.63) is 0 Å². The summed E-state index contributed by atoms with van der Waals surface area (Å²) < 4.78 is 0. The molecule has 1 aliphatic carbocycles. The van der Waals surface area contributed by atoms with Crippen molar-refractivity contribution < 1.29 is 4.79 Å². The van der Waals surface area contributed by atoms with Crippen molar-refractivity contribution in [2.24, 2.45) is 5.92 Å². The van der Waals surface area contributed by atoms with Gasteiger partial charge in [0.2, 0.25) is 5.91 Å². The molecule has 0 bridgehead atoms. The summed E-state index contributed by atoms with van der Waals surface area (Å²) in [4.78, 5) is 11.2. The first-order chi connectivity index (χ1) is 7.33. The first-order valence-electron chi connectivity index (χ1n) is 6.30. The van der Waals surface area contributed by atoms with Gasteiger partial charge >= 0.3 is 0 Å². The van der Waals surface area contributed by atoms with Crippen molar-refractivity contribution in [3.63, 3.8) is 0 Å². The Balaban J connectivity index is 1.89. The third-order valence-electron chi connectivity index (χ3n) is 3.06. The van der Waals surface area contributed by atoms with Gasteiger partial charge in [-0.3, -0.25) is 4.79 Å². The van der Waals surface area contributed by atoms with E-state index >= 15 is 0 Å². The van der Waals surface area contributed by atoms with Crippen LogP contribution in [-0.4, -0.2) is 25.5 Å². The highest BCUT2D eigenvalue weighted by molar-refractivity contribution is 5.77. The summed E-state index contributed by atoms with van der Waals surface area (Å²) in [5.74, 6) is 1.04. The van der Waals surface area contributed by atoms with Crippen molar-refractivity contribution >= 4 is 5.91 Å². The van der Waals surface area contributed by atoms with Gasteiger partial charge in [-0.2, -0.15) is 0 Å². The summed E-state index contributed by atoms with van der Waals surface area (Å²) >= 11 is 0. The van der Waals surface area contributed by atoms with E-state index in [2.05, 4.69) is 17.6 Å². The number of nitrogens with one attached hydrogen (secondary N) is 2. The lowest BCUT2D eigenvalue weighted by atomic mass is 10.0. The van der Waals surface area contributed by atoms with Gasteiger partial charge in [0.1, 0.15) is 0 Å². The van der Waals surface area contributed by atoms with Crippen molar-refractivity contribution in [1.82, 2.24) is 10.6 Å². The number of carbonyl (C=O) groups excluding carboxylic acids is 1. The van der Waals surface area contributed by atoms with E-state index in [0.29, 0.717) is 6.54 Å². The minimum absolute atomic E-state index is 0.128. The molecule has 1 amide bonds. The summed E-state index contributed by atoms with van der Waals surface area (Å²) in [7, 11) is 0. The van der Waals surface area contributed by atoms with Crippen LogP contribution in [0.1, 0.15) is 45.4 Å². The van der Waals surface area contributed by atoms with Gasteiger partial charge in [-0.25, -0.2) is 0 Å². The van der Waals surface area contributed by atoms with E-state index < -0.39 is 0 Å². The van der Waals surface area contributed by atoms with Gasteiger partial charge in [0.15, 0.2) is 0 Å². The van der Waals surface area contributed by atoms with Gasteiger partial charge in [0, 0.05) is 6.54 Å². The maximum atomic E-state index is 11.2. The maximum absolute atomic E-state index is 11.2. The zero-order chi connectivity index (χ0) is 10.9. The number of hydrogen-bond acceptors (Lipinski definition) is 2. The summed E-state index contributed by atoms with van der Waals surface area (Å²) in [6, 6.07) is 0. The second-order valence-electron chi connectivity index (χ2n) is 4.47. The second kappa shape index (κ2) is 7.69. The highest BCUT2D eigenvalue weighted by atomic mass is 16.1. The Hall–Kier alpha value is -0.570. The summed E-state index contributed by atoms with van der Waals surface area (Å²) in [6.07, 6.45) is 7.84. The van der Waals surface area contributed by atoms with Crippen molar-refractivity contribution in [1.29, 1.82) is 0 Å². The van der Waals surface area contributed by atoms with Crippen molar-refractivity contribution in [2.75, 3.05) is 19.6 Å². The Labute approximate surface area is 93.0 Å². The third-order valence-corrected chi connectivity index (χ3v) is 3.06. The molecular weight excluding hydrogens is 188 g/mol. The zero-order valence-corrected chi connectivity index (χ0v) is 9.85. The first kappa shape index (κ1) is 12.5. The van der Waals surface area contributed by atoms with Gasteiger partial charge in [-0.1, -0.05) is 32.6 Å². The molecule has 0 aromatic heterocycles. The van der Waals surface area contributed by atoms with Crippen LogP contribution in [0.25, 0.3) is 0 Å². The van der Waals surface area contributed by atoms with Crippen LogP contribution in [0.5, 0.6) is 0 Å². The van der Waals surface area contributed by atoms with Crippen LogP contribution in [0.3, 0.4) is 0 Å². The van der Waals surface area contributed by atoms with E-state index in [9.17, 15) is 4.79 Å². The zero-order valence-electron chi connectivity index (χ0n) is 9.85. The van der Waals surface area contributed by atoms with E-state index in [1.807, 2.05) is 0 Å². The lowest BCUT2D eigenvalue weighted by Gasteiger charge is -2.09. The van der Waals surface area contributed by atoms with Crippen LogP contribution in [0.4, 0.5) is 0 Å². The van der Waals surface area contributed by atoms with Crippen LogP contribution in [0.2, 0.25) is 0 Å². The molecule has 0 heterocycles. The molecule has 0 radical (unpaired) electrons. The van der Waals surface area contributed by atoms with Crippen LogP contribution >= 0.6 is 0 Å². The normalized spacial score (nSPS) is 16.9. The highest BCUT2D eigenvalue weighted by Gasteiger charge is 2.13. The van der Waals surface area contributed by atoms with E-state index in [4.69, 9.17) is 0 Å². The number of carbonyl (C=O) groups is 1. The van der Waals surface area contributed by atoms with E-state index in [-0.39, 0.29) is 5.91 Å². The van der Waals surface area contributed by atoms with Crippen molar-refractivity contribution in [3.8, 4) is 0 Å². The smallest absolute Gasteiger partial charge is 0.233 e. The number of rotatable bonds is 7. The minimum Gasteiger partial charge on any atom is -0.355 e. The lowest BCUT2D eigenvalue weighted by molar-refractivity contribution is -0.120. The molecule has 1 saturated carbocycles. The fraction of sp³-hybridized carbons (Fsp3) is 0.917. The highest BCUT2D eigenvalue weighted by Crippen LogP contribution is 2.26. The van der Waals surface area contributed by atoms with Gasteiger partial charge < -0.3 is 10.6 Å². The Morgan fingerprint density at radius 3 is 2.67 bits per heavy atom. The SMILES string of the molecule is CCCNC(=O)CNCCC1CCCC1. The molecule has 0 aromatic carbocycles. The molecule has 1 rings (SSSR count). The van der Waals surface area contributed by atoms with E-state index in [1.165, 1.54) is 32.1 Å². The molecule has 0 atom stereocenters. The molecule has 1 fully saturated rings. The number of hydrogen-bond donors (Lipinski definition) is 2. The summed E-state index contributed by atoms with van der Waals surface area (Å²) in [6.45, 7) is 4.33. The Morgan fingerprint density at radius 2 is 2.00 bits per heavy atom. The molecule has 1 aliphatic rings. The Morgan fingerprint density at radius 1 is 1.27 bits per heavy atom. The standard InChI is InChI=1S/C12H24N2O/c1-2-8-14-12(15)10-13-9-7-11-5-3-4-6-11/h11,13H,2-10H2,1H3,(H,14,15). The molecule has 2 N–H and O–H groups in total. The topological polar surface area (TPSA) is 41.1 Å². The van der Waals surface area contributed by atoms with Gasteiger partial charge in [0.05, 0.1) is 6.54 Å². The molecule has 15 heavy (non-hydrogen) atoms. The number of amides is 1. The second-order valence-corrected chi connectivity index (χ2v) is 4.47. The fourth-order valence-electron chi connectivity index (χ4n) is 2.13. The predicted molar refractivity (Wildman–Crippen MR) is 62.7 cm³/mol. The molecule has 0 unspecified atom stereocenters. The largest absolute Gasteiger partial charge is 0.355 e. The average molecular weight is 212 g/mol. The Bertz CT molecular complexity index is 176. The Kier molecular flexibility index (Phi) is 6.41. The molecule has 88 valence electrons. The first-order valence-corrected chi connectivity index (χ1v) is 6.30. The predicted octanol–water partition coefficient (Wildman–Crippen LogP) is 1.68. The van der Waals surface area contributed by atoms with E-state index in [0.717, 1.165) is 25.4 Å². The third kappa shape index (κ3) is 5.78. The van der Waals surface area contributed by atoms with Gasteiger partial charge in [-0.15, -0.1) is 0 Å². The van der Waals surface area contributed by atoms with Gasteiger partial charge in [0.25, 0.3) is 0 Å². The maximum Gasteiger partial charge on any atom is 0.233 e. The fourth-order valence-corrected chi connectivity index (χ4v) is 2.13. The monoisotopic (exact) mass is 212 g/mol. The average Bonchev–Trinajstić information content (AvgIpc) is 2.74.